The number of hydrogen-bond donors (Lipinski definition) is 3. The van der Waals surface area contributed by atoms with Crippen LogP contribution in [-0.2, 0) is 16.0 Å². The third-order valence-electron chi connectivity index (χ3n) is 7.40. The number of aliphatic carboxylic acids is 1. The second-order valence-electron chi connectivity index (χ2n) is 9.59. The maximum absolute atomic E-state index is 12.6. The number of anilines is 1. The lowest BCUT2D eigenvalue weighted by Crippen LogP contribution is -2.58. The van der Waals surface area contributed by atoms with E-state index in [9.17, 15) is 19.5 Å². The lowest BCUT2D eigenvalue weighted by atomic mass is 9.65. The molecule has 1 aromatic carbocycles. The summed E-state index contributed by atoms with van der Waals surface area (Å²) in [5.74, 6) is -1.32. The molecule has 0 unspecified atom stereocenters. The van der Waals surface area contributed by atoms with E-state index in [1.807, 2.05) is 6.92 Å². The average molecular weight is 530 g/mol. The Bertz CT molecular complexity index is 1180. The van der Waals surface area contributed by atoms with Gasteiger partial charge in [0.1, 0.15) is 5.54 Å². The number of carbonyl (C=O) groups is 3. The Balaban J connectivity index is 1.50. The molecule has 1 fully saturated rings. The highest BCUT2D eigenvalue weighted by Crippen LogP contribution is 2.48. The number of pyridine rings is 1. The smallest absolute Gasteiger partial charge is 0.329 e. The van der Waals surface area contributed by atoms with Gasteiger partial charge in [-0.1, -0.05) is 67.9 Å². The Morgan fingerprint density at radius 1 is 1.06 bits per heavy atom. The summed E-state index contributed by atoms with van der Waals surface area (Å²) in [7, 11) is 0. The molecule has 2 aliphatic rings. The van der Waals surface area contributed by atoms with E-state index in [-0.39, 0.29) is 27.8 Å². The van der Waals surface area contributed by atoms with Gasteiger partial charge in [-0.3, -0.25) is 14.6 Å². The molecule has 9 heteroatoms. The molecule has 1 amide bonds. The van der Waals surface area contributed by atoms with E-state index in [0.717, 1.165) is 49.8 Å². The van der Waals surface area contributed by atoms with Gasteiger partial charge >= 0.3 is 5.97 Å². The monoisotopic (exact) mass is 529 g/mol. The minimum atomic E-state index is -1.26. The molecule has 4 rings (SSSR count). The maximum atomic E-state index is 12.6. The maximum Gasteiger partial charge on any atom is 0.329 e. The summed E-state index contributed by atoms with van der Waals surface area (Å²) < 4.78 is 0. The van der Waals surface area contributed by atoms with Crippen LogP contribution in [0, 0.1) is 5.41 Å². The van der Waals surface area contributed by atoms with E-state index in [1.165, 1.54) is 12.4 Å². The number of aromatic nitrogens is 1. The second-order valence-corrected chi connectivity index (χ2v) is 10.4. The first-order valence-corrected chi connectivity index (χ1v) is 12.9. The minimum absolute atomic E-state index is 0.108. The number of allylic oxidation sites excluding steroid dienone is 2. The lowest BCUT2D eigenvalue weighted by molar-refractivity contribution is -0.145. The zero-order chi connectivity index (χ0) is 25.9. The number of carbonyl (C=O) groups excluding carboxylic acids is 2. The first-order chi connectivity index (χ1) is 17.2. The number of carboxylic acid groups (broad SMARTS) is 1. The summed E-state index contributed by atoms with van der Waals surface area (Å²) >= 11 is 12.1. The summed E-state index contributed by atoms with van der Waals surface area (Å²) in [6.45, 7) is 1.83. The van der Waals surface area contributed by atoms with Crippen LogP contribution in [0.1, 0.15) is 67.8 Å². The molecule has 1 saturated carbocycles. The number of ketones is 1. The van der Waals surface area contributed by atoms with Gasteiger partial charge in [-0.15, -0.1) is 0 Å². The number of halogens is 2. The van der Waals surface area contributed by atoms with Crippen LogP contribution in [0.15, 0.2) is 48.4 Å². The fourth-order valence-corrected chi connectivity index (χ4v) is 5.67. The van der Waals surface area contributed by atoms with Crippen molar-refractivity contribution in [3.05, 3.63) is 69.6 Å². The van der Waals surface area contributed by atoms with Gasteiger partial charge < -0.3 is 15.7 Å². The van der Waals surface area contributed by atoms with Gasteiger partial charge in [0.2, 0.25) is 0 Å². The fourth-order valence-electron chi connectivity index (χ4n) is 5.14. The molecule has 0 radical (unpaired) electrons. The first-order valence-electron chi connectivity index (χ1n) is 12.2. The standard InChI is InChI=1S/C27H29Cl2N3O4/c1-2-27(25(35)36,32-21-13-22(33)26(21)11-5-3-4-6-12-26)14-17-7-9-18(10-8-17)31-24(34)23-19(28)15-30-16-20(23)29/h7-10,13,15-16,32H,2-6,11-12,14H2,1H3,(H,31,34)(H,35,36)/t27-/m0/s1. The highest BCUT2D eigenvalue weighted by molar-refractivity contribution is 6.40. The van der Waals surface area contributed by atoms with Crippen LogP contribution in [0.4, 0.5) is 5.69 Å². The summed E-state index contributed by atoms with van der Waals surface area (Å²) in [4.78, 5) is 41.6. The number of amides is 1. The van der Waals surface area contributed by atoms with E-state index >= 15 is 0 Å². The summed E-state index contributed by atoms with van der Waals surface area (Å²) in [5.41, 5.74) is 0.376. The van der Waals surface area contributed by atoms with E-state index in [1.54, 1.807) is 30.3 Å². The van der Waals surface area contributed by atoms with Crippen LogP contribution in [0.2, 0.25) is 10.0 Å². The van der Waals surface area contributed by atoms with E-state index in [0.29, 0.717) is 12.1 Å². The van der Waals surface area contributed by atoms with Crippen molar-refractivity contribution in [2.24, 2.45) is 5.41 Å². The van der Waals surface area contributed by atoms with Crippen molar-refractivity contribution in [2.45, 2.75) is 63.8 Å². The Labute approximate surface area is 220 Å². The molecule has 1 atom stereocenters. The fraction of sp³-hybridized carbons (Fsp3) is 0.407. The molecule has 0 bridgehead atoms. The molecule has 1 aromatic heterocycles. The highest BCUT2D eigenvalue weighted by atomic mass is 35.5. The minimum Gasteiger partial charge on any atom is -0.479 e. The molecule has 190 valence electrons. The molecular formula is C27H29Cl2N3O4. The van der Waals surface area contributed by atoms with E-state index in [4.69, 9.17) is 23.2 Å². The van der Waals surface area contributed by atoms with Crippen molar-refractivity contribution >= 4 is 46.5 Å². The molecule has 7 nitrogen and oxygen atoms in total. The molecule has 2 aromatic rings. The SMILES string of the molecule is CC[C@@](Cc1ccc(NC(=O)c2c(Cl)cncc2Cl)cc1)(NC1=CC(=O)C12CCCCCC2)C(=O)O. The van der Waals surface area contributed by atoms with Crippen molar-refractivity contribution in [2.75, 3.05) is 5.32 Å². The second kappa shape index (κ2) is 10.6. The normalized spacial score (nSPS) is 18.4. The van der Waals surface area contributed by atoms with Crippen LogP contribution in [0.3, 0.4) is 0 Å². The predicted octanol–water partition coefficient (Wildman–Crippen LogP) is 5.81. The molecule has 0 saturated heterocycles. The molecule has 1 spiro atoms. The van der Waals surface area contributed by atoms with Crippen molar-refractivity contribution < 1.29 is 19.5 Å². The van der Waals surface area contributed by atoms with Crippen LogP contribution >= 0.6 is 23.2 Å². The molecule has 0 aliphatic heterocycles. The van der Waals surface area contributed by atoms with Gasteiger partial charge in [-0.05, 0) is 37.0 Å². The van der Waals surface area contributed by atoms with Gasteiger partial charge in [0.25, 0.3) is 5.91 Å². The third kappa shape index (κ3) is 5.00. The molecule has 1 heterocycles. The Hall–Kier alpha value is -2.90. The van der Waals surface area contributed by atoms with Crippen molar-refractivity contribution in [1.29, 1.82) is 0 Å². The van der Waals surface area contributed by atoms with Gasteiger partial charge in [0.15, 0.2) is 5.78 Å². The van der Waals surface area contributed by atoms with Crippen LogP contribution in [0.25, 0.3) is 0 Å². The molecule has 2 aliphatic carbocycles. The number of nitrogens with zero attached hydrogens (tertiary/aromatic N) is 1. The van der Waals surface area contributed by atoms with Crippen LogP contribution in [-0.4, -0.2) is 33.3 Å². The molecular weight excluding hydrogens is 501 g/mol. The number of rotatable bonds is 8. The number of benzene rings is 1. The van der Waals surface area contributed by atoms with Crippen molar-refractivity contribution in [3.63, 3.8) is 0 Å². The lowest BCUT2D eigenvalue weighted by Gasteiger charge is -2.44. The zero-order valence-electron chi connectivity index (χ0n) is 20.1. The van der Waals surface area contributed by atoms with Crippen molar-refractivity contribution in [1.82, 2.24) is 10.3 Å². The van der Waals surface area contributed by atoms with Crippen LogP contribution < -0.4 is 10.6 Å². The van der Waals surface area contributed by atoms with E-state index < -0.39 is 22.8 Å². The van der Waals surface area contributed by atoms with Gasteiger partial charge in [-0.2, -0.15) is 0 Å². The number of nitrogens with one attached hydrogen (secondary N) is 2. The van der Waals surface area contributed by atoms with E-state index in [2.05, 4.69) is 15.6 Å². The Morgan fingerprint density at radius 2 is 1.67 bits per heavy atom. The van der Waals surface area contributed by atoms with Gasteiger partial charge in [0, 0.05) is 36.3 Å². The average Bonchev–Trinajstić information content (AvgIpc) is 3.13. The number of carboxylic acids is 1. The quantitative estimate of drug-likeness (QED) is 0.397. The summed E-state index contributed by atoms with van der Waals surface area (Å²) in [5, 5.41) is 16.6. The molecule has 3 N–H and O–H groups in total. The van der Waals surface area contributed by atoms with Crippen LogP contribution in [0.5, 0.6) is 0 Å². The van der Waals surface area contributed by atoms with Crippen molar-refractivity contribution in [3.8, 4) is 0 Å². The summed E-state index contributed by atoms with van der Waals surface area (Å²) in [6, 6.07) is 6.97. The Kier molecular flexibility index (Phi) is 7.71. The topological polar surface area (TPSA) is 108 Å². The summed E-state index contributed by atoms with van der Waals surface area (Å²) in [6.07, 6.45) is 10.5. The highest BCUT2D eigenvalue weighted by Gasteiger charge is 2.51. The Morgan fingerprint density at radius 3 is 2.19 bits per heavy atom. The largest absolute Gasteiger partial charge is 0.479 e. The third-order valence-corrected chi connectivity index (χ3v) is 7.98. The van der Waals surface area contributed by atoms with Gasteiger partial charge in [0.05, 0.1) is 21.0 Å². The van der Waals surface area contributed by atoms with Gasteiger partial charge in [-0.25, -0.2) is 4.79 Å². The zero-order valence-corrected chi connectivity index (χ0v) is 21.6. The first kappa shape index (κ1) is 26.2. The number of hydrogen-bond acceptors (Lipinski definition) is 5. The molecule has 36 heavy (non-hydrogen) atoms. The predicted molar refractivity (Wildman–Crippen MR) is 139 cm³/mol.